The van der Waals surface area contributed by atoms with Gasteiger partial charge in [-0.3, -0.25) is 9.59 Å². The van der Waals surface area contributed by atoms with Crippen molar-refractivity contribution in [3.05, 3.63) is 0 Å². The normalized spacial score (nSPS) is 14.4. The fourth-order valence-corrected chi connectivity index (χ4v) is 1.91. The van der Waals surface area contributed by atoms with Crippen molar-refractivity contribution >= 4 is 17.5 Å². The quantitative estimate of drug-likeness (QED) is 0.513. The molecule has 0 aromatic rings. The van der Waals surface area contributed by atoms with Gasteiger partial charge in [0, 0.05) is 6.42 Å². The first-order chi connectivity index (χ1) is 7.28. The minimum absolute atomic E-state index is 0.0322. The molecule has 4 nitrogen and oxygen atoms in total. The number of carbonyl (C=O) groups is 3. The van der Waals surface area contributed by atoms with E-state index in [4.69, 9.17) is 4.74 Å². The Hall–Kier alpha value is -1.19. The average Bonchev–Trinajstić information content (AvgIpc) is 2.16. The van der Waals surface area contributed by atoms with E-state index in [0.717, 1.165) is 0 Å². The van der Waals surface area contributed by atoms with Gasteiger partial charge in [-0.1, -0.05) is 13.8 Å². The molecule has 1 atom stereocenters. The first-order valence-corrected chi connectivity index (χ1v) is 5.38. The van der Waals surface area contributed by atoms with Gasteiger partial charge in [-0.05, 0) is 26.2 Å². The van der Waals surface area contributed by atoms with Crippen LogP contribution in [0.3, 0.4) is 0 Å². The van der Waals surface area contributed by atoms with Gasteiger partial charge in [-0.25, -0.2) is 0 Å². The molecule has 0 bridgehead atoms. The van der Waals surface area contributed by atoms with Crippen LogP contribution in [0.5, 0.6) is 0 Å². The monoisotopic (exact) mass is 228 g/mol. The molecule has 0 aromatic heterocycles. The second-order valence-corrected chi connectivity index (χ2v) is 4.38. The second kappa shape index (κ2) is 5.77. The molecule has 0 spiro atoms. The van der Waals surface area contributed by atoms with Gasteiger partial charge in [0.05, 0.1) is 7.11 Å². The zero-order chi connectivity index (χ0) is 12.9. The summed E-state index contributed by atoms with van der Waals surface area (Å²) in [6, 6.07) is 0. The van der Waals surface area contributed by atoms with Crippen LogP contribution in [0.4, 0.5) is 0 Å². The number of ketones is 2. The van der Waals surface area contributed by atoms with Crippen LogP contribution in [-0.4, -0.2) is 24.6 Å². The molecule has 16 heavy (non-hydrogen) atoms. The molecule has 0 saturated carbocycles. The number of carbonyl (C=O) groups excluding carboxylic acids is 3. The van der Waals surface area contributed by atoms with Crippen LogP contribution in [0.15, 0.2) is 0 Å². The zero-order valence-electron chi connectivity index (χ0n) is 10.6. The smallest absolute Gasteiger partial charge is 0.319 e. The molecule has 0 aliphatic rings. The van der Waals surface area contributed by atoms with E-state index in [1.807, 2.05) is 0 Å². The summed E-state index contributed by atoms with van der Waals surface area (Å²) < 4.78 is 4.70. The third kappa shape index (κ3) is 2.90. The molecule has 1 unspecified atom stereocenters. The van der Waals surface area contributed by atoms with E-state index in [9.17, 15) is 14.4 Å². The predicted octanol–water partition coefficient (Wildman–Crippen LogP) is 1.76. The van der Waals surface area contributed by atoms with Crippen molar-refractivity contribution in [2.45, 2.75) is 40.5 Å². The molecular formula is C12H20O4. The third-order valence-corrected chi connectivity index (χ3v) is 3.03. The van der Waals surface area contributed by atoms with Gasteiger partial charge in [0.2, 0.25) is 0 Å². The lowest BCUT2D eigenvalue weighted by Crippen LogP contribution is -2.43. The van der Waals surface area contributed by atoms with E-state index in [2.05, 4.69) is 0 Å². The summed E-state index contributed by atoms with van der Waals surface area (Å²) in [5.41, 5.74) is -1.18. The highest BCUT2D eigenvalue weighted by Crippen LogP contribution is 2.35. The molecule has 0 amide bonds. The van der Waals surface area contributed by atoms with Gasteiger partial charge >= 0.3 is 5.97 Å². The van der Waals surface area contributed by atoms with Crippen LogP contribution < -0.4 is 0 Å². The van der Waals surface area contributed by atoms with Crippen LogP contribution in [0.25, 0.3) is 0 Å². The summed E-state index contributed by atoms with van der Waals surface area (Å²) >= 11 is 0. The van der Waals surface area contributed by atoms with E-state index in [0.29, 0.717) is 0 Å². The zero-order valence-corrected chi connectivity index (χ0v) is 10.6. The van der Waals surface area contributed by atoms with E-state index in [1.54, 1.807) is 13.8 Å². The van der Waals surface area contributed by atoms with Gasteiger partial charge < -0.3 is 9.53 Å². The van der Waals surface area contributed by atoms with Crippen molar-refractivity contribution in [1.29, 1.82) is 0 Å². The van der Waals surface area contributed by atoms with E-state index < -0.39 is 11.4 Å². The second-order valence-electron chi connectivity index (χ2n) is 4.38. The maximum absolute atomic E-state index is 11.8. The number of hydrogen-bond donors (Lipinski definition) is 0. The molecule has 0 aliphatic carbocycles. The van der Waals surface area contributed by atoms with Crippen molar-refractivity contribution in [2.75, 3.05) is 7.11 Å². The topological polar surface area (TPSA) is 60.4 Å². The maximum atomic E-state index is 11.8. The Balaban J connectivity index is 5.18. The average molecular weight is 228 g/mol. The number of methoxy groups -OCH3 is 1. The van der Waals surface area contributed by atoms with Gasteiger partial charge in [0.25, 0.3) is 0 Å². The van der Waals surface area contributed by atoms with Crippen LogP contribution >= 0.6 is 0 Å². The minimum Gasteiger partial charge on any atom is -0.468 e. The van der Waals surface area contributed by atoms with Crippen LogP contribution in [0.1, 0.15) is 40.5 Å². The molecule has 0 fully saturated rings. The van der Waals surface area contributed by atoms with Crippen molar-refractivity contribution in [3.63, 3.8) is 0 Å². The third-order valence-electron chi connectivity index (χ3n) is 3.03. The molecule has 0 N–H and O–H groups in total. The van der Waals surface area contributed by atoms with Gasteiger partial charge in [-0.15, -0.1) is 0 Å². The molecule has 0 aliphatic heterocycles. The molecule has 4 heteroatoms. The number of Topliss-reactive ketones (excluding diaryl/α,β-unsaturated/α-hetero) is 2. The Morgan fingerprint density at radius 1 is 1.19 bits per heavy atom. The summed E-state index contributed by atoms with van der Waals surface area (Å²) in [4.78, 5) is 34.5. The highest BCUT2D eigenvalue weighted by Gasteiger charge is 2.46. The van der Waals surface area contributed by atoms with Gasteiger partial charge in [-0.2, -0.15) is 0 Å². The first kappa shape index (κ1) is 14.8. The fraction of sp³-hybridized carbons (Fsp3) is 0.750. The summed E-state index contributed by atoms with van der Waals surface area (Å²) in [7, 11) is 1.26. The Morgan fingerprint density at radius 2 is 1.69 bits per heavy atom. The van der Waals surface area contributed by atoms with Crippen molar-refractivity contribution in [1.82, 2.24) is 0 Å². The van der Waals surface area contributed by atoms with Crippen molar-refractivity contribution < 1.29 is 19.1 Å². The fourth-order valence-electron chi connectivity index (χ4n) is 1.91. The number of hydrogen-bond acceptors (Lipinski definition) is 4. The van der Waals surface area contributed by atoms with Crippen LogP contribution in [-0.2, 0) is 19.1 Å². The van der Waals surface area contributed by atoms with Crippen molar-refractivity contribution in [3.8, 4) is 0 Å². The lowest BCUT2D eigenvalue weighted by Gasteiger charge is -2.31. The van der Waals surface area contributed by atoms with Gasteiger partial charge in [0.1, 0.15) is 17.0 Å². The number of esters is 1. The SMILES string of the molecule is COC(=O)C(CCC(C)=O)(C(C)=O)C(C)C. The summed E-state index contributed by atoms with van der Waals surface area (Å²) in [5.74, 6) is -1.00. The Kier molecular flexibility index (Phi) is 5.35. The molecule has 0 saturated heterocycles. The summed E-state index contributed by atoms with van der Waals surface area (Å²) in [6.07, 6.45) is 0.439. The molecule has 0 heterocycles. The molecule has 0 radical (unpaired) electrons. The maximum Gasteiger partial charge on any atom is 0.319 e. The largest absolute Gasteiger partial charge is 0.468 e. The summed E-state index contributed by atoms with van der Waals surface area (Å²) in [5, 5.41) is 0. The highest BCUT2D eigenvalue weighted by molar-refractivity contribution is 6.03. The number of rotatable bonds is 6. The molecule has 92 valence electrons. The molecule has 0 rings (SSSR count). The van der Waals surface area contributed by atoms with Crippen LogP contribution in [0.2, 0.25) is 0 Å². The van der Waals surface area contributed by atoms with Crippen molar-refractivity contribution in [2.24, 2.45) is 11.3 Å². The molecular weight excluding hydrogens is 208 g/mol. The number of ether oxygens (including phenoxy) is 1. The van der Waals surface area contributed by atoms with Crippen LogP contribution in [0, 0.1) is 11.3 Å². The predicted molar refractivity (Wildman–Crippen MR) is 59.9 cm³/mol. The highest BCUT2D eigenvalue weighted by atomic mass is 16.5. The Morgan fingerprint density at radius 3 is 1.94 bits per heavy atom. The Bertz CT molecular complexity index is 293. The lowest BCUT2D eigenvalue weighted by molar-refractivity contribution is -0.161. The summed E-state index contributed by atoms with van der Waals surface area (Å²) in [6.45, 7) is 6.40. The van der Waals surface area contributed by atoms with E-state index in [1.165, 1.54) is 21.0 Å². The lowest BCUT2D eigenvalue weighted by atomic mass is 9.70. The van der Waals surface area contributed by atoms with E-state index in [-0.39, 0.29) is 30.3 Å². The van der Waals surface area contributed by atoms with E-state index >= 15 is 0 Å². The molecule has 0 aromatic carbocycles. The Labute approximate surface area is 96.4 Å². The minimum atomic E-state index is -1.18. The standard InChI is InChI=1S/C12H20O4/c1-8(2)12(10(4)14,11(15)16-5)7-6-9(3)13/h8H,6-7H2,1-5H3. The first-order valence-electron chi connectivity index (χ1n) is 5.38. The van der Waals surface area contributed by atoms with Gasteiger partial charge in [0.15, 0.2) is 0 Å².